The van der Waals surface area contributed by atoms with Crippen LogP contribution >= 0.6 is 0 Å². The summed E-state index contributed by atoms with van der Waals surface area (Å²) in [6, 6.07) is 4.34. The summed E-state index contributed by atoms with van der Waals surface area (Å²) in [6.07, 6.45) is 5.62. The monoisotopic (exact) mass is 285 g/mol. The number of benzene rings is 1. The zero-order valence-electron chi connectivity index (χ0n) is 13.2. The van der Waals surface area contributed by atoms with E-state index in [4.69, 9.17) is 5.11 Å². The fourth-order valence-electron chi connectivity index (χ4n) is 2.58. The molecule has 0 spiro atoms. The van der Waals surface area contributed by atoms with E-state index in [1.807, 2.05) is 6.20 Å². The first-order valence-electron chi connectivity index (χ1n) is 7.34. The maximum Gasteiger partial charge on any atom is 0.306 e. The first kappa shape index (κ1) is 15.4. The molecule has 1 atom stereocenters. The summed E-state index contributed by atoms with van der Waals surface area (Å²) in [5.41, 5.74) is 5.99. The highest BCUT2D eigenvalue weighted by atomic mass is 16.4. The van der Waals surface area contributed by atoms with Gasteiger partial charge >= 0.3 is 5.97 Å². The Morgan fingerprint density at radius 1 is 1.33 bits per heavy atom. The number of aryl methyl sites for hydroxylation is 1. The Bertz CT molecular complexity index is 691. The number of H-pyrrole nitrogens is 1. The Hall–Kier alpha value is -2.03. The number of carboxylic acid groups (broad SMARTS) is 1. The minimum absolute atomic E-state index is 0.370. The van der Waals surface area contributed by atoms with E-state index in [1.165, 1.54) is 16.7 Å². The topological polar surface area (TPSA) is 53.1 Å². The molecule has 0 saturated heterocycles. The predicted molar refractivity (Wildman–Crippen MR) is 86.7 cm³/mol. The van der Waals surface area contributed by atoms with Crippen molar-refractivity contribution < 1.29 is 9.90 Å². The Kier molecular flexibility index (Phi) is 4.51. The molecule has 0 amide bonds. The van der Waals surface area contributed by atoms with Gasteiger partial charge in [0.05, 0.1) is 5.92 Å². The molecule has 2 rings (SSSR count). The normalized spacial score (nSPS) is 12.4. The first-order chi connectivity index (χ1) is 9.88. The fraction of sp³-hybridized carbons (Fsp3) is 0.389. The van der Waals surface area contributed by atoms with Gasteiger partial charge in [0.25, 0.3) is 0 Å². The lowest BCUT2D eigenvalue weighted by molar-refractivity contribution is -0.141. The number of fused-ring (bicyclic) bond motifs is 1. The van der Waals surface area contributed by atoms with Crippen molar-refractivity contribution in [3.8, 4) is 0 Å². The van der Waals surface area contributed by atoms with Crippen molar-refractivity contribution in [1.29, 1.82) is 0 Å². The fourth-order valence-corrected chi connectivity index (χ4v) is 2.58. The van der Waals surface area contributed by atoms with Crippen LogP contribution in [0.4, 0.5) is 0 Å². The summed E-state index contributed by atoms with van der Waals surface area (Å²) in [4.78, 5) is 14.4. The van der Waals surface area contributed by atoms with Crippen LogP contribution in [0.5, 0.6) is 0 Å². The molecule has 1 aromatic heterocycles. The Morgan fingerprint density at radius 2 is 2.05 bits per heavy atom. The van der Waals surface area contributed by atoms with Gasteiger partial charge in [-0.1, -0.05) is 30.2 Å². The van der Waals surface area contributed by atoms with Gasteiger partial charge in [0.1, 0.15) is 0 Å². The second kappa shape index (κ2) is 6.17. The molecule has 3 heteroatoms. The molecule has 0 radical (unpaired) electrons. The summed E-state index contributed by atoms with van der Waals surface area (Å²) < 4.78 is 0. The molecular weight excluding hydrogens is 262 g/mol. The molecule has 2 aromatic rings. The van der Waals surface area contributed by atoms with E-state index < -0.39 is 5.97 Å². The van der Waals surface area contributed by atoms with Crippen molar-refractivity contribution in [3.05, 3.63) is 46.7 Å². The van der Waals surface area contributed by atoms with Gasteiger partial charge in [0, 0.05) is 17.1 Å². The summed E-state index contributed by atoms with van der Waals surface area (Å²) >= 11 is 0. The van der Waals surface area contributed by atoms with Crippen molar-refractivity contribution in [3.63, 3.8) is 0 Å². The van der Waals surface area contributed by atoms with Crippen LogP contribution in [0.15, 0.2) is 30.0 Å². The van der Waals surface area contributed by atoms with Crippen LogP contribution in [0.1, 0.15) is 37.5 Å². The number of aliphatic carboxylic acids is 1. The van der Waals surface area contributed by atoms with Gasteiger partial charge in [-0.15, -0.1) is 0 Å². The van der Waals surface area contributed by atoms with Crippen LogP contribution in [0.2, 0.25) is 0 Å². The largest absolute Gasteiger partial charge is 0.481 e. The lowest BCUT2D eigenvalue weighted by Crippen LogP contribution is -2.11. The quantitative estimate of drug-likeness (QED) is 0.807. The van der Waals surface area contributed by atoms with Gasteiger partial charge in [-0.3, -0.25) is 4.79 Å². The maximum atomic E-state index is 11.1. The summed E-state index contributed by atoms with van der Waals surface area (Å²) in [7, 11) is 0. The van der Waals surface area contributed by atoms with Gasteiger partial charge in [0.2, 0.25) is 0 Å². The summed E-state index contributed by atoms with van der Waals surface area (Å²) in [6.45, 7) is 8.03. The minimum atomic E-state index is -0.748. The number of nitrogens with one attached hydrogen (secondary N) is 1. The maximum absolute atomic E-state index is 11.1. The zero-order valence-corrected chi connectivity index (χ0v) is 13.2. The lowest BCUT2D eigenvalue weighted by atomic mass is 9.97. The molecule has 21 heavy (non-hydrogen) atoms. The predicted octanol–water partition coefficient (Wildman–Crippen LogP) is 4.25. The Labute approximate surface area is 125 Å². The third-order valence-electron chi connectivity index (χ3n) is 3.78. The van der Waals surface area contributed by atoms with E-state index >= 15 is 0 Å². The molecule has 0 fully saturated rings. The lowest BCUT2D eigenvalue weighted by Gasteiger charge is -2.07. The standard InChI is InChI=1S/C18H23NO2/c1-11(2)5-6-14-7-12(3)8-16-15(10-19-17(14)16)9-13(4)18(20)21/h5,7-8,10,13,19H,6,9H2,1-4H3,(H,20,21). The third kappa shape index (κ3) is 3.54. The van der Waals surface area contributed by atoms with Gasteiger partial charge in [-0.05, 0) is 50.8 Å². The van der Waals surface area contributed by atoms with Crippen LogP contribution in [0.3, 0.4) is 0 Å². The van der Waals surface area contributed by atoms with Crippen molar-refractivity contribution in [2.75, 3.05) is 0 Å². The van der Waals surface area contributed by atoms with E-state index in [0.717, 1.165) is 22.9 Å². The highest BCUT2D eigenvalue weighted by Gasteiger charge is 2.15. The molecule has 0 saturated carbocycles. The van der Waals surface area contributed by atoms with Crippen LogP contribution in [-0.4, -0.2) is 16.1 Å². The third-order valence-corrected chi connectivity index (χ3v) is 3.78. The molecule has 2 N–H and O–H groups in total. The highest BCUT2D eigenvalue weighted by molar-refractivity contribution is 5.87. The summed E-state index contributed by atoms with van der Waals surface area (Å²) in [5, 5.41) is 10.2. The molecule has 1 unspecified atom stereocenters. The van der Waals surface area contributed by atoms with E-state index in [-0.39, 0.29) is 5.92 Å². The van der Waals surface area contributed by atoms with Crippen molar-refractivity contribution in [1.82, 2.24) is 4.98 Å². The van der Waals surface area contributed by atoms with Gasteiger partial charge in [-0.25, -0.2) is 0 Å². The second-order valence-electron chi connectivity index (χ2n) is 6.09. The number of rotatable bonds is 5. The van der Waals surface area contributed by atoms with Crippen LogP contribution in [0.25, 0.3) is 10.9 Å². The SMILES string of the molecule is CC(C)=CCc1cc(C)cc2c(CC(C)C(=O)O)c[nH]c12. The number of carbonyl (C=O) groups is 1. The van der Waals surface area contributed by atoms with Crippen molar-refractivity contribution in [2.24, 2.45) is 5.92 Å². The molecular formula is C18H23NO2. The van der Waals surface area contributed by atoms with Crippen molar-refractivity contribution >= 4 is 16.9 Å². The van der Waals surface area contributed by atoms with Crippen LogP contribution < -0.4 is 0 Å². The summed E-state index contributed by atoms with van der Waals surface area (Å²) in [5.74, 6) is -1.12. The number of allylic oxidation sites excluding steroid dienone is 2. The van der Waals surface area contributed by atoms with E-state index in [0.29, 0.717) is 6.42 Å². The number of aromatic nitrogens is 1. The molecule has 3 nitrogen and oxygen atoms in total. The van der Waals surface area contributed by atoms with Crippen LogP contribution in [0, 0.1) is 12.8 Å². The number of hydrogen-bond acceptors (Lipinski definition) is 1. The van der Waals surface area contributed by atoms with E-state index in [9.17, 15) is 4.79 Å². The molecule has 0 aliphatic heterocycles. The van der Waals surface area contributed by atoms with Gasteiger partial charge in [0.15, 0.2) is 0 Å². The number of carboxylic acids is 1. The number of aromatic amines is 1. The van der Waals surface area contributed by atoms with Crippen LogP contribution in [-0.2, 0) is 17.6 Å². The number of hydrogen-bond donors (Lipinski definition) is 2. The zero-order chi connectivity index (χ0) is 15.6. The smallest absolute Gasteiger partial charge is 0.306 e. The molecule has 0 aliphatic carbocycles. The average Bonchev–Trinajstić information content (AvgIpc) is 2.79. The average molecular weight is 285 g/mol. The molecule has 1 heterocycles. The highest BCUT2D eigenvalue weighted by Crippen LogP contribution is 2.26. The van der Waals surface area contributed by atoms with Crippen molar-refractivity contribution in [2.45, 2.75) is 40.5 Å². The Balaban J connectivity index is 2.43. The van der Waals surface area contributed by atoms with E-state index in [2.05, 4.69) is 44.0 Å². The second-order valence-corrected chi connectivity index (χ2v) is 6.09. The molecule has 112 valence electrons. The molecule has 1 aromatic carbocycles. The first-order valence-corrected chi connectivity index (χ1v) is 7.34. The molecule has 0 bridgehead atoms. The van der Waals surface area contributed by atoms with Gasteiger partial charge in [-0.2, -0.15) is 0 Å². The minimum Gasteiger partial charge on any atom is -0.481 e. The van der Waals surface area contributed by atoms with Gasteiger partial charge < -0.3 is 10.1 Å². The van der Waals surface area contributed by atoms with E-state index in [1.54, 1.807) is 6.92 Å². The Morgan fingerprint density at radius 3 is 2.67 bits per heavy atom. The molecule has 0 aliphatic rings.